The summed E-state index contributed by atoms with van der Waals surface area (Å²) < 4.78 is 26.3. The Hall–Kier alpha value is -1.02. The zero-order valence-electron chi connectivity index (χ0n) is 16.1. The van der Waals surface area contributed by atoms with E-state index < -0.39 is 0 Å². The number of carbonyl (C=O) groups excluding carboxylic acids is 2. The highest BCUT2D eigenvalue weighted by molar-refractivity contribution is 5.75. The van der Waals surface area contributed by atoms with E-state index in [4.69, 9.17) is 23.7 Å². The summed E-state index contributed by atoms with van der Waals surface area (Å²) in [5.41, 5.74) is -0.0207. The van der Waals surface area contributed by atoms with E-state index in [1.54, 1.807) is 6.92 Å². The molecule has 0 aliphatic heterocycles. The van der Waals surface area contributed by atoms with E-state index in [-0.39, 0.29) is 23.6 Å². The van der Waals surface area contributed by atoms with Crippen LogP contribution in [0.4, 0.5) is 0 Å². The molecule has 0 amide bonds. The van der Waals surface area contributed by atoms with Gasteiger partial charge in [0.25, 0.3) is 0 Å². The van der Waals surface area contributed by atoms with Gasteiger partial charge < -0.3 is 23.7 Å². The van der Waals surface area contributed by atoms with E-state index in [1.165, 1.54) is 0 Å². The van der Waals surface area contributed by atoms with E-state index >= 15 is 0 Å². The Morgan fingerprint density at radius 3 is 1.48 bits per heavy atom. The van der Waals surface area contributed by atoms with E-state index in [1.807, 2.05) is 20.8 Å². The summed E-state index contributed by atoms with van der Waals surface area (Å²) in [6.07, 6.45) is 0.695. The first-order chi connectivity index (χ1) is 11.8. The maximum absolute atomic E-state index is 11.4. The zero-order chi connectivity index (χ0) is 19.0. The molecule has 0 radical (unpaired) electrons. The number of ether oxygens (including phenoxy) is 5. The van der Waals surface area contributed by atoms with Crippen LogP contribution in [0.3, 0.4) is 0 Å². The van der Waals surface area contributed by atoms with Crippen LogP contribution in [0.25, 0.3) is 0 Å². The van der Waals surface area contributed by atoms with Crippen LogP contribution in [0.5, 0.6) is 0 Å². The van der Waals surface area contributed by atoms with Gasteiger partial charge in [-0.15, -0.1) is 0 Å². The molecule has 0 fully saturated rings. The Morgan fingerprint density at radius 2 is 1.08 bits per heavy atom. The predicted molar refractivity (Wildman–Crippen MR) is 93.6 cm³/mol. The molecule has 0 aliphatic rings. The maximum atomic E-state index is 11.4. The lowest BCUT2D eigenvalue weighted by Crippen LogP contribution is -2.19. The van der Waals surface area contributed by atoms with Gasteiger partial charge in [-0.2, -0.15) is 0 Å². The number of hydrogen-bond donors (Lipinski definition) is 0. The predicted octanol–water partition coefficient (Wildman–Crippen LogP) is 2.01. The van der Waals surface area contributed by atoms with Crippen LogP contribution in [0, 0.1) is 5.41 Å². The number of rotatable bonds is 16. The average molecular weight is 362 g/mol. The van der Waals surface area contributed by atoms with Crippen LogP contribution in [0.1, 0.15) is 40.5 Å². The molecule has 0 aliphatic carbocycles. The fourth-order valence-electron chi connectivity index (χ4n) is 1.50. The lowest BCUT2D eigenvalue weighted by atomic mass is 9.99. The zero-order valence-corrected chi connectivity index (χ0v) is 16.1. The summed E-state index contributed by atoms with van der Waals surface area (Å²) in [6.45, 7) is 11.6. The first kappa shape index (κ1) is 24.0. The smallest absolute Gasteiger partial charge is 0.308 e. The standard InChI is InChI=1S/C18H34O7/c1-16(19)5-7-21-9-11-23-13-14-24-12-10-22-8-6-17(20)25-15-18(2,3)4/h5-15H2,1-4H3. The number of ketones is 1. The van der Waals surface area contributed by atoms with Crippen LogP contribution in [0.15, 0.2) is 0 Å². The van der Waals surface area contributed by atoms with Gasteiger partial charge in [0, 0.05) is 6.42 Å². The van der Waals surface area contributed by atoms with Crippen molar-refractivity contribution in [3.63, 3.8) is 0 Å². The van der Waals surface area contributed by atoms with E-state index in [0.717, 1.165) is 0 Å². The van der Waals surface area contributed by atoms with Gasteiger partial charge in [-0.25, -0.2) is 0 Å². The molecule has 148 valence electrons. The highest BCUT2D eigenvalue weighted by Gasteiger charge is 2.13. The summed E-state index contributed by atoms with van der Waals surface area (Å²) in [6, 6.07) is 0. The Kier molecular flexibility index (Phi) is 14.6. The molecule has 7 heteroatoms. The molecule has 0 aromatic carbocycles. The topological polar surface area (TPSA) is 80.3 Å². The summed E-state index contributed by atoms with van der Waals surface area (Å²) in [5.74, 6) is -0.117. The minimum absolute atomic E-state index is 0.0207. The first-order valence-electron chi connectivity index (χ1n) is 8.77. The largest absolute Gasteiger partial charge is 0.465 e. The normalized spacial score (nSPS) is 11.5. The van der Waals surface area contributed by atoms with Gasteiger partial charge >= 0.3 is 5.97 Å². The van der Waals surface area contributed by atoms with Crippen molar-refractivity contribution in [3.8, 4) is 0 Å². The average Bonchev–Trinajstić information content (AvgIpc) is 2.52. The molecular weight excluding hydrogens is 328 g/mol. The molecule has 0 N–H and O–H groups in total. The van der Waals surface area contributed by atoms with Crippen molar-refractivity contribution in [2.45, 2.75) is 40.5 Å². The van der Waals surface area contributed by atoms with E-state index in [2.05, 4.69) is 0 Å². The second-order valence-corrected chi connectivity index (χ2v) is 6.87. The molecule has 0 aromatic rings. The number of esters is 1. The van der Waals surface area contributed by atoms with Gasteiger partial charge in [0.15, 0.2) is 0 Å². The Labute approximate surface area is 151 Å². The highest BCUT2D eigenvalue weighted by atomic mass is 16.6. The van der Waals surface area contributed by atoms with Crippen LogP contribution in [-0.4, -0.2) is 71.2 Å². The molecule has 0 spiro atoms. The van der Waals surface area contributed by atoms with Gasteiger partial charge in [0.05, 0.1) is 65.9 Å². The maximum Gasteiger partial charge on any atom is 0.308 e. The van der Waals surface area contributed by atoms with Gasteiger partial charge in [-0.3, -0.25) is 9.59 Å². The second-order valence-electron chi connectivity index (χ2n) is 6.87. The van der Waals surface area contributed by atoms with Crippen molar-refractivity contribution in [3.05, 3.63) is 0 Å². The summed E-state index contributed by atoms with van der Waals surface area (Å²) in [5, 5.41) is 0. The van der Waals surface area contributed by atoms with Crippen molar-refractivity contribution < 1.29 is 33.3 Å². The molecule has 0 saturated carbocycles. The number of Topliss-reactive ketones (excluding diaryl/α,β-unsaturated/α-hetero) is 1. The van der Waals surface area contributed by atoms with Crippen molar-refractivity contribution in [1.29, 1.82) is 0 Å². The van der Waals surface area contributed by atoms with Crippen LogP contribution >= 0.6 is 0 Å². The lowest BCUT2D eigenvalue weighted by Gasteiger charge is -2.17. The highest BCUT2D eigenvalue weighted by Crippen LogP contribution is 2.13. The van der Waals surface area contributed by atoms with Crippen molar-refractivity contribution >= 4 is 11.8 Å². The number of hydrogen-bond acceptors (Lipinski definition) is 7. The Morgan fingerprint density at radius 1 is 0.680 bits per heavy atom. The Bertz CT molecular complexity index is 350. The molecule has 0 heterocycles. The monoisotopic (exact) mass is 362 g/mol. The van der Waals surface area contributed by atoms with Crippen molar-refractivity contribution in [2.24, 2.45) is 5.41 Å². The van der Waals surface area contributed by atoms with Crippen molar-refractivity contribution in [2.75, 3.05) is 59.5 Å². The van der Waals surface area contributed by atoms with Crippen LogP contribution in [-0.2, 0) is 33.3 Å². The summed E-state index contributed by atoms with van der Waals surface area (Å²) in [4.78, 5) is 22.1. The third kappa shape index (κ3) is 20.9. The van der Waals surface area contributed by atoms with Gasteiger partial charge in [-0.05, 0) is 12.3 Å². The molecule has 0 bridgehead atoms. The molecule has 0 saturated heterocycles. The first-order valence-corrected chi connectivity index (χ1v) is 8.77. The van der Waals surface area contributed by atoms with E-state index in [0.29, 0.717) is 65.9 Å². The molecular formula is C18H34O7. The molecule has 0 atom stereocenters. The Balaban J connectivity index is 3.19. The minimum Gasteiger partial charge on any atom is -0.465 e. The molecule has 0 unspecified atom stereocenters. The lowest BCUT2D eigenvalue weighted by molar-refractivity contribution is -0.147. The van der Waals surface area contributed by atoms with Gasteiger partial charge in [0.2, 0.25) is 0 Å². The second kappa shape index (κ2) is 15.3. The molecule has 0 rings (SSSR count). The quantitative estimate of drug-likeness (QED) is 0.307. The summed E-state index contributed by atoms with van der Waals surface area (Å²) >= 11 is 0. The van der Waals surface area contributed by atoms with Gasteiger partial charge in [0.1, 0.15) is 5.78 Å². The van der Waals surface area contributed by atoms with Crippen molar-refractivity contribution in [1.82, 2.24) is 0 Å². The van der Waals surface area contributed by atoms with Crippen LogP contribution < -0.4 is 0 Å². The minimum atomic E-state index is -0.241. The summed E-state index contributed by atoms with van der Waals surface area (Å²) in [7, 11) is 0. The molecule has 0 aromatic heterocycles. The fourth-order valence-corrected chi connectivity index (χ4v) is 1.50. The van der Waals surface area contributed by atoms with Gasteiger partial charge in [-0.1, -0.05) is 20.8 Å². The third-order valence-corrected chi connectivity index (χ3v) is 2.83. The number of carbonyl (C=O) groups is 2. The van der Waals surface area contributed by atoms with Crippen LogP contribution in [0.2, 0.25) is 0 Å². The third-order valence-electron chi connectivity index (χ3n) is 2.83. The SMILES string of the molecule is CC(=O)CCOCCOCCOCCOCCC(=O)OCC(C)(C)C. The molecule has 25 heavy (non-hydrogen) atoms. The fraction of sp³-hybridized carbons (Fsp3) is 0.889. The molecule has 7 nitrogen and oxygen atoms in total. The van der Waals surface area contributed by atoms with E-state index in [9.17, 15) is 9.59 Å².